The number of rotatable bonds is 9. The van der Waals surface area contributed by atoms with Crippen molar-refractivity contribution in [1.82, 2.24) is 14.8 Å². The molecule has 0 atom stereocenters. The van der Waals surface area contributed by atoms with Crippen LogP contribution in [0.4, 0.5) is 0 Å². The van der Waals surface area contributed by atoms with E-state index < -0.39 is 0 Å². The molecule has 0 spiro atoms. The van der Waals surface area contributed by atoms with Gasteiger partial charge in [0.15, 0.2) is 0 Å². The zero-order valence-corrected chi connectivity index (χ0v) is 17.8. The molecule has 0 fully saturated rings. The van der Waals surface area contributed by atoms with Crippen LogP contribution in [0.5, 0.6) is 0 Å². The highest BCUT2D eigenvalue weighted by Crippen LogP contribution is 2.30. The van der Waals surface area contributed by atoms with Gasteiger partial charge in [0, 0.05) is 40.6 Å². The average Bonchev–Trinajstić information content (AvgIpc) is 2.95. The average molecular weight is 390 g/mol. The zero-order chi connectivity index (χ0) is 20.0. The molecule has 1 aromatic heterocycles. The Balaban J connectivity index is 2.20. The van der Waals surface area contributed by atoms with Gasteiger partial charge in [0.1, 0.15) is 6.54 Å². The normalized spacial score (nSPS) is 11.4. The van der Waals surface area contributed by atoms with Gasteiger partial charge in [0.05, 0.1) is 5.75 Å². The van der Waals surface area contributed by atoms with Gasteiger partial charge in [-0.1, -0.05) is 25.1 Å². The van der Waals surface area contributed by atoms with Gasteiger partial charge < -0.3 is 14.8 Å². The molecule has 1 heterocycles. The molecule has 0 aliphatic rings. The van der Waals surface area contributed by atoms with Crippen molar-refractivity contribution in [2.24, 2.45) is 0 Å². The van der Waals surface area contributed by atoms with E-state index >= 15 is 0 Å². The van der Waals surface area contributed by atoms with Crippen molar-refractivity contribution in [3.8, 4) is 0 Å². The summed E-state index contributed by atoms with van der Waals surface area (Å²) in [6.07, 6.45) is 2.93. The van der Waals surface area contributed by atoms with Gasteiger partial charge in [0.2, 0.25) is 11.8 Å². The Morgan fingerprint density at radius 1 is 1.15 bits per heavy atom. The Hall–Kier alpha value is -1.95. The number of carbonyl (C=O) groups is 2. The predicted molar refractivity (Wildman–Crippen MR) is 113 cm³/mol. The van der Waals surface area contributed by atoms with Gasteiger partial charge in [-0.05, 0) is 40.2 Å². The topological polar surface area (TPSA) is 54.3 Å². The zero-order valence-electron chi connectivity index (χ0n) is 17.0. The van der Waals surface area contributed by atoms with E-state index in [-0.39, 0.29) is 23.9 Å². The minimum absolute atomic E-state index is 0.0422. The third-order valence-corrected chi connectivity index (χ3v) is 5.43. The third-order valence-electron chi connectivity index (χ3n) is 4.39. The van der Waals surface area contributed by atoms with Gasteiger partial charge in [-0.25, -0.2) is 0 Å². The lowest BCUT2D eigenvalue weighted by Gasteiger charge is -2.31. The van der Waals surface area contributed by atoms with Crippen molar-refractivity contribution in [1.29, 1.82) is 0 Å². The van der Waals surface area contributed by atoms with Crippen molar-refractivity contribution in [2.45, 2.75) is 64.6 Å². The lowest BCUT2D eigenvalue weighted by atomic mass is 10.2. The maximum atomic E-state index is 12.9. The Bertz CT molecular complexity index is 775. The van der Waals surface area contributed by atoms with Crippen LogP contribution < -0.4 is 5.32 Å². The predicted octanol–water partition coefficient (Wildman–Crippen LogP) is 3.91. The molecule has 2 aromatic rings. The second-order valence-electron chi connectivity index (χ2n) is 7.27. The van der Waals surface area contributed by atoms with Crippen LogP contribution in [0.2, 0.25) is 0 Å². The first-order valence-electron chi connectivity index (χ1n) is 9.63. The van der Waals surface area contributed by atoms with Crippen LogP contribution in [0.1, 0.15) is 41.0 Å². The maximum absolute atomic E-state index is 12.9. The van der Waals surface area contributed by atoms with Crippen LogP contribution in [0.15, 0.2) is 35.4 Å². The number of carbonyl (C=O) groups excluding carboxylic acids is 2. The molecule has 0 aliphatic carbocycles. The summed E-state index contributed by atoms with van der Waals surface area (Å²) in [5.74, 6) is 0.532. The number of nitrogens with zero attached hydrogens (tertiary/aromatic N) is 2. The van der Waals surface area contributed by atoms with Crippen molar-refractivity contribution < 1.29 is 9.59 Å². The highest BCUT2D eigenvalue weighted by atomic mass is 32.2. The molecule has 0 unspecified atom stereocenters. The molecule has 148 valence electrons. The van der Waals surface area contributed by atoms with Crippen molar-refractivity contribution >= 4 is 34.5 Å². The second-order valence-corrected chi connectivity index (χ2v) is 8.28. The summed E-state index contributed by atoms with van der Waals surface area (Å²) in [4.78, 5) is 27.8. The molecule has 6 heteroatoms. The lowest BCUT2D eigenvalue weighted by molar-refractivity contribution is -0.135. The molecule has 1 N–H and O–H groups in total. The Labute approximate surface area is 166 Å². The van der Waals surface area contributed by atoms with Crippen molar-refractivity contribution in [3.05, 3.63) is 30.5 Å². The van der Waals surface area contributed by atoms with E-state index in [9.17, 15) is 9.59 Å². The number of benzene rings is 1. The number of para-hydroxylation sites is 1. The number of amides is 2. The molecule has 1 aromatic carbocycles. The quantitative estimate of drug-likeness (QED) is 0.662. The molecule has 27 heavy (non-hydrogen) atoms. The van der Waals surface area contributed by atoms with Crippen LogP contribution in [-0.2, 0) is 16.1 Å². The van der Waals surface area contributed by atoms with Gasteiger partial charge >= 0.3 is 0 Å². The standard InChI is InChI=1S/C21H31N3O2S/c1-6-11-22-20(25)14-27-19-12-23(18-10-8-7-9-17(18)19)13-21(26)24(15(2)3)16(4)5/h7-10,12,15-16H,6,11,13-14H2,1-5H3,(H,22,25). The van der Waals surface area contributed by atoms with E-state index in [0.29, 0.717) is 18.8 Å². The molecular formula is C21H31N3O2S. The Kier molecular flexibility index (Phi) is 7.78. The summed E-state index contributed by atoms with van der Waals surface area (Å²) in [5, 5.41) is 3.98. The molecule has 5 nitrogen and oxygen atoms in total. The number of aromatic nitrogens is 1. The minimum atomic E-state index is 0.0422. The fourth-order valence-corrected chi connectivity index (χ4v) is 4.24. The highest BCUT2D eigenvalue weighted by molar-refractivity contribution is 8.00. The number of hydrogen-bond acceptors (Lipinski definition) is 3. The fourth-order valence-electron chi connectivity index (χ4n) is 3.32. The van der Waals surface area contributed by atoms with Crippen LogP contribution in [0, 0.1) is 0 Å². The van der Waals surface area contributed by atoms with Gasteiger partial charge in [-0.15, -0.1) is 11.8 Å². The van der Waals surface area contributed by atoms with Crippen molar-refractivity contribution in [2.75, 3.05) is 12.3 Å². The van der Waals surface area contributed by atoms with Crippen LogP contribution in [-0.4, -0.2) is 45.7 Å². The van der Waals surface area contributed by atoms with E-state index in [0.717, 1.165) is 22.2 Å². The molecule has 0 radical (unpaired) electrons. The monoisotopic (exact) mass is 389 g/mol. The highest BCUT2D eigenvalue weighted by Gasteiger charge is 2.21. The van der Waals surface area contributed by atoms with E-state index in [1.54, 1.807) is 0 Å². The van der Waals surface area contributed by atoms with Crippen LogP contribution in [0.25, 0.3) is 10.9 Å². The third kappa shape index (κ3) is 5.51. The first kappa shape index (κ1) is 21.4. The molecule has 2 amide bonds. The fraction of sp³-hybridized carbons (Fsp3) is 0.524. The van der Waals surface area contributed by atoms with Crippen LogP contribution in [0.3, 0.4) is 0 Å². The summed E-state index contributed by atoms with van der Waals surface area (Å²) >= 11 is 1.52. The van der Waals surface area contributed by atoms with E-state index in [2.05, 4.69) is 5.32 Å². The summed E-state index contributed by atoms with van der Waals surface area (Å²) in [5.41, 5.74) is 1.02. The number of fused-ring (bicyclic) bond motifs is 1. The second kappa shape index (κ2) is 9.83. The summed E-state index contributed by atoms with van der Waals surface area (Å²) in [6.45, 7) is 11.2. The summed E-state index contributed by atoms with van der Waals surface area (Å²) in [6, 6.07) is 8.37. The Morgan fingerprint density at radius 3 is 2.44 bits per heavy atom. The summed E-state index contributed by atoms with van der Waals surface area (Å²) in [7, 11) is 0. The molecule has 0 saturated heterocycles. The number of hydrogen-bond donors (Lipinski definition) is 1. The number of nitrogens with one attached hydrogen (secondary N) is 1. The minimum Gasteiger partial charge on any atom is -0.355 e. The van der Waals surface area contributed by atoms with Gasteiger partial charge in [-0.3, -0.25) is 9.59 Å². The number of thioether (sulfide) groups is 1. The smallest absolute Gasteiger partial charge is 0.242 e. The first-order valence-corrected chi connectivity index (χ1v) is 10.6. The van der Waals surface area contributed by atoms with Crippen molar-refractivity contribution in [3.63, 3.8) is 0 Å². The molecule has 0 saturated carbocycles. The maximum Gasteiger partial charge on any atom is 0.242 e. The first-order chi connectivity index (χ1) is 12.8. The van der Waals surface area contributed by atoms with Crippen LogP contribution >= 0.6 is 11.8 Å². The summed E-state index contributed by atoms with van der Waals surface area (Å²) < 4.78 is 2.00. The lowest BCUT2D eigenvalue weighted by Crippen LogP contribution is -2.43. The largest absolute Gasteiger partial charge is 0.355 e. The molecule has 0 bridgehead atoms. The van der Waals surface area contributed by atoms with Gasteiger partial charge in [-0.2, -0.15) is 0 Å². The van der Waals surface area contributed by atoms with E-state index in [1.165, 1.54) is 11.8 Å². The van der Waals surface area contributed by atoms with E-state index in [4.69, 9.17) is 0 Å². The van der Waals surface area contributed by atoms with Gasteiger partial charge in [0.25, 0.3) is 0 Å². The molecular weight excluding hydrogens is 358 g/mol. The SMILES string of the molecule is CCCNC(=O)CSc1cn(CC(=O)N(C(C)C)C(C)C)c2ccccc12. The van der Waals surface area contributed by atoms with E-state index in [1.807, 2.05) is 74.5 Å². The molecule has 0 aliphatic heterocycles. The Morgan fingerprint density at radius 2 is 1.81 bits per heavy atom. The molecule has 2 rings (SSSR count).